The van der Waals surface area contributed by atoms with Gasteiger partial charge in [0.1, 0.15) is 0 Å². The van der Waals surface area contributed by atoms with Crippen molar-refractivity contribution < 1.29 is 4.79 Å². The van der Waals surface area contributed by atoms with Crippen molar-refractivity contribution in [1.29, 1.82) is 0 Å². The van der Waals surface area contributed by atoms with Gasteiger partial charge in [-0.2, -0.15) is 0 Å². The molecule has 0 aliphatic heterocycles. The molecule has 0 spiro atoms. The normalized spacial score (nSPS) is 10.5. The van der Waals surface area contributed by atoms with Crippen LogP contribution in [0.3, 0.4) is 0 Å². The van der Waals surface area contributed by atoms with Gasteiger partial charge in [-0.15, -0.1) is 0 Å². The largest absolute Gasteiger partial charge is 0.341 e. The Morgan fingerprint density at radius 3 is 2.33 bits per heavy atom. The molecule has 0 saturated carbocycles. The second-order valence-corrected chi connectivity index (χ2v) is 6.18. The van der Waals surface area contributed by atoms with Crippen LogP contribution in [0.2, 0.25) is 10.0 Å². The lowest BCUT2D eigenvalue weighted by Gasteiger charge is -2.21. The number of aromatic nitrogens is 2. The van der Waals surface area contributed by atoms with E-state index >= 15 is 0 Å². The van der Waals surface area contributed by atoms with Crippen LogP contribution in [0.4, 0.5) is 11.6 Å². The molecule has 0 saturated heterocycles. The van der Waals surface area contributed by atoms with Crippen molar-refractivity contribution in [2.24, 2.45) is 0 Å². The van der Waals surface area contributed by atoms with Gasteiger partial charge in [-0.3, -0.25) is 4.79 Å². The Morgan fingerprint density at radius 1 is 1.12 bits per heavy atom. The van der Waals surface area contributed by atoms with Crippen molar-refractivity contribution in [2.75, 3.05) is 23.3 Å². The maximum Gasteiger partial charge on any atom is 0.258 e. The number of anilines is 2. The standard InChI is InChI=1S/C17H20Cl2N4O/c1-3-7-23(8-4-2)17-20-10-12(11-21-17)16(24)22-15-9-13(18)5-6-14(15)19/h5-6,9-11H,3-4,7-8H2,1-2H3,(H,22,24). The van der Waals surface area contributed by atoms with Gasteiger partial charge in [0.2, 0.25) is 5.95 Å². The van der Waals surface area contributed by atoms with Gasteiger partial charge in [0, 0.05) is 30.5 Å². The van der Waals surface area contributed by atoms with E-state index in [1.165, 1.54) is 12.4 Å². The van der Waals surface area contributed by atoms with Crippen LogP contribution in [-0.4, -0.2) is 29.0 Å². The maximum absolute atomic E-state index is 12.3. The van der Waals surface area contributed by atoms with Crippen LogP contribution in [-0.2, 0) is 0 Å². The van der Waals surface area contributed by atoms with E-state index < -0.39 is 0 Å². The zero-order chi connectivity index (χ0) is 17.5. The number of amides is 1. The third-order valence-corrected chi connectivity index (χ3v) is 3.91. The minimum absolute atomic E-state index is 0.330. The van der Waals surface area contributed by atoms with Crippen LogP contribution in [0.25, 0.3) is 0 Å². The molecule has 128 valence electrons. The molecule has 1 aromatic heterocycles. The fourth-order valence-electron chi connectivity index (χ4n) is 2.24. The van der Waals surface area contributed by atoms with E-state index in [2.05, 4.69) is 34.0 Å². The first kappa shape index (κ1) is 18.5. The van der Waals surface area contributed by atoms with Crippen molar-refractivity contribution in [3.63, 3.8) is 0 Å². The molecule has 0 aliphatic carbocycles. The summed E-state index contributed by atoms with van der Waals surface area (Å²) in [6, 6.07) is 4.89. The number of rotatable bonds is 7. The number of carbonyl (C=O) groups excluding carboxylic acids is 1. The molecule has 2 aromatic rings. The molecule has 0 aliphatic rings. The van der Waals surface area contributed by atoms with Gasteiger partial charge in [0.15, 0.2) is 0 Å². The van der Waals surface area contributed by atoms with E-state index in [-0.39, 0.29) is 5.91 Å². The fourth-order valence-corrected chi connectivity index (χ4v) is 2.58. The highest BCUT2D eigenvalue weighted by Crippen LogP contribution is 2.25. The van der Waals surface area contributed by atoms with E-state index in [0.29, 0.717) is 27.2 Å². The predicted molar refractivity (Wildman–Crippen MR) is 99.2 cm³/mol. The van der Waals surface area contributed by atoms with Gasteiger partial charge in [-0.05, 0) is 31.0 Å². The highest BCUT2D eigenvalue weighted by atomic mass is 35.5. The predicted octanol–water partition coefficient (Wildman–Crippen LogP) is 4.66. The lowest BCUT2D eigenvalue weighted by molar-refractivity contribution is 0.102. The summed E-state index contributed by atoms with van der Waals surface area (Å²) in [5.41, 5.74) is 0.819. The molecule has 1 aromatic carbocycles. The molecule has 5 nitrogen and oxygen atoms in total. The topological polar surface area (TPSA) is 58.1 Å². The first-order valence-corrected chi connectivity index (χ1v) is 8.64. The van der Waals surface area contributed by atoms with E-state index in [0.717, 1.165) is 25.9 Å². The van der Waals surface area contributed by atoms with Gasteiger partial charge < -0.3 is 10.2 Å². The van der Waals surface area contributed by atoms with Gasteiger partial charge in [-0.1, -0.05) is 37.0 Å². The van der Waals surface area contributed by atoms with Crippen LogP contribution < -0.4 is 10.2 Å². The molecule has 0 atom stereocenters. The number of benzene rings is 1. The zero-order valence-electron chi connectivity index (χ0n) is 13.7. The molecule has 1 N–H and O–H groups in total. The Hall–Kier alpha value is -1.85. The Bertz CT molecular complexity index is 685. The summed E-state index contributed by atoms with van der Waals surface area (Å²) in [5, 5.41) is 3.63. The molecular weight excluding hydrogens is 347 g/mol. The van der Waals surface area contributed by atoms with E-state index in [4.69, 9.17) is 23.2 Å². The molecule has 0 fully saturated rings. The summed E-state index contributed by atoms with van der Waals surface area (Å²) in [6.45, 7) is 5.99. The van der Waals surface area contributed by atoms with Crippen LogP contribution >= 0.6 is 23.2 Å². The first-order valence-electron chi connectivity index (χ1n) is 7.88. The number of carbonyl (C=O) groups is 1. The molecule has 0 unspecified atom stereocenters. The summed E-state index contributed by atoms with van der Waals surface area (Å²) < 4.78 is 0. The van der Waals surface area contributed by atoms with Crippen LogP contribution in [0.15, 0.2) is 30.6 Å². The lowest BCUT2D eigenvalue weighted by Crippen LogP contribution is -2.27. The minimum Gasteiger partial charge on any atom is -0.341 e. The number of hydrogen-bond acceptors (Lipinski definition) is 4. The van der Waals surface area contributed by atoms with Crippen molar-refractivity contribution in [3.8, 4) is 0 Å². The van der Waals surface area contributed by atoms with Crippen molar-refractivity contribution in [1.82, 2.24) is 9.97 Å². The zero-order valence-corrected chi connectivity index (χ0v) is 15.2. The second-order valence-electron chi connectivity index (χ2n) is 5.34. The highest BCUT2D eigenvalue weighted by Gasteiger charge is 2.12. The third kappa shape index (κ3) is 4.82. The summed E-state index contributed by atoms with van der Waals surface area (Å²) in [5.74, 6) is 0.305. The Labute approximate surface area is 152 Å². The lowest BCUT2D eigenvalue weighted by atomic mass is 10.2. The first-order chi connectivity index (χ1) is 11.5. The van der Waals surface area contributed by atoms with Gasteiger partial charge in [0.05, 0.1) is 16.3 Å². The molecule has 1 amide bonds. The Kier molecular flexibility index (Phi) is 6.82. The number of halogens is 2. The van der Waals surface area contributed by atoms with E-state index in [9.17, 15) is 4.79 Å². The van der Waals surface area contributed by atoms with E-state index in [1.807, 2.05) is 0 Å². The van der Waals surface area contributed by atoms with Gasteiger partial charge >= 0.3 is 0 Å². The highest BCUT2D eigenvalue weighted by molar-refractivity contribution is 6.35. The van der Waals surface area contributed by atoms with Crippen LogP contribution in [0.5, 0.6) is 0 Å². The summed E-state index contributed by atoms with van der Waals surface area (Å²) in [4.78, 5) is 23.0. The van der Waals surface area contributed by atoms with E-state index in [1.54, 1.807) is 18.2 Å². The minimum atomic E-state index is -0.330. The monoisotopic (exact) mass is 366 g/mol. The molecule has 7 heteroatoms. The smallest absolute Gasteiger partial charge is 0.258 e. The quantitative estimate of drug-likeness (QED) is 0.773. The maximum atomic E-state index is 12.3. The SMILES string of the molecule is CCCN(CCC)c1ncc(C(=O)Nc2cc(Cl)ccc2Cl)cn1. The van der Waals surface area contributed by atoms with Crippen molar-refractivity contribution >= 4 is 40.7 Å². The molecule has 0 radical (unpaired) electrons. The summed E-state index contributed by atoms with van der Waals surface area (Å²) in [6.07, 6.45) is 5.07. The third-order valence-electron chi connectivity index (χ3n) is 3.35. The molecule has 2 rings (SSSR count). The Morgan fingerprint density at radius 2 is 1.75 bits per heavy atom. The Balaban J connectivity index is 2.12. The average molecular weight is 367 g/mol. The van der Waals surface area contributed by atoms with Gasteiger partial charge in [-0.25, -0.2) is 9.97 Å². The summed E-state index contributed by atoms with van der Waals surface area (Å²) >= 11 is 12.0. The van der Waals surface area contributed by atoms with Crippen LogP contribution in [0.1, 0.15) is 37.0 Å². The molecular formula is C17H20Cl2N4O. The molecule has 24 heavy (non-hydrogen) atoms. The fraction of sp³-hybridized carbons (Fsp3) is 0.353. The van der Waals surface area contributed by atoms with Crippen LogP contribution in [0, 0.1) is 0 Å². The van der Waals surface area contributed by atoms with Gasteiger partial charge in [0.25, 0.3) is 5.91 Å². The van der Waals surface area contributed by atoms with Crippen molar-refractivity contribution in [3.05, 3.63) is 46.2 Å². The average Bonchev–Trinajstić information content (AvgIpc) is 2.58. The number of nitrogens with one attached hydrogen (secondary N) is 1. The van der Waals surface area contributed by atoms with Crippen molar-refractivity contribution in [2.45, 2.75) is 26.7 Å². The summed E-state index contributed by atoms with van der Waals surface area (Å²) in [7, 11) is 0. The molecule has 1 heterocycles. The number of nitrogens with zero attached hydrogens (tertiary/aromatic N) is 3. The molecule has 0 bridgehead atoms. The second kappa shape index (κ2) is 8.85. The number of hydrogen-bond donors (Lipinski definition) is 1.